The average molecular weight is 502 g/mol. The van der Waals surface area contributed by atoms with E-state index >= 15 is 0 Å². The molecule has 6 nitrogen and oxygen atoms in total. The molecule has 0 aliphatic heterocycles. The maximum Gasteiger partial charge on any atom is 0.264 e. The molecule has 1 amide bonds. The monoisotopic (exact) mass is 501 g/mol. The van der Waals surface area contributed by atoms with E-state index < -0.39 is 10.0 Å². The maximum absolute atomic E-state index is 12.9. The summed E-state index contributed by atoms with van der Waals surface area (Å²) in [6, 6.07) is 32.1. The van der Waals surface area contributed by atoms with Gasteiger partial charge in [-0.3, -0.25) is 14.4 Å². The Morgan fingerprint density at radius 3 is 1.89 bits per heavy atom. The molecular weight excluding hydrogens is 478 g/mol. The van der Waals surface area contributed by atoms with E-state index in [0.29, 0.717) is 16.9 Å². The van der Waals surface area contributed by atoms with Crippen LogP contribution in [-0.4, -0.2) is 26.5 Å². The number of carbonyl (C=O) groups excluding carboxylic acids is 1. The predicted molar refractivity (Wildman–Crippen MR) is 144 cm³/mol. The summed E-state index contributed by atoms with van der Waals surface area (Å²) < 4.78 is 27.0. The third kappa shape index (κ3) is 5.74. The lowest BCUT2D eigenvalue weighted by molar-refractivity contribution is 0.0977. The summed E-state index contributed by atoms with van der Waals surface area (Å²) in [4.78, 5) is 12.7. The molecule has 0 aliphatic carbocycles. The Kier molecular flexibility index (Phi) is 7.24. The number of para-hydroxylation sites is 1. The van der Waals surface area contributed by atoms with E-state index in [1.807, 2.05) is 48.5 Å². The molecule has 8 heteroatoms. The molecule has 4 aromatic rings. The number of hydrogen-bond donors (Lipinski definition) is 2. The normalized spacial score (nSPS) is 10.9. The molecule has 0 atom stereocenters. The number of benzene rings is 4. The van der Waals surface area contributed by atoms with E-state index in [9.17, 15) is 13.2 Å². The molecule has 0 fully saturated rings. The molecular formula is C27H23N3O3S2. The van der Waals surface area contributed by atoms with Gasteiger partial charge >= 0.3 is 0 Å². The summed E-state index contributed by atoms with van der Waals surface area (Å²) >= 11 is 5.26. The average Bonchev–Trinajstić information content (AvgIpc) is 2.89. The molecule has 0 spiro atoms. The van der Waals surface area contributed by atoms with Crippen molar-refractivity contribution in [3.63, 3.8) is 0 Å². The molecule has 35 heavy (non-hydrogen) atoms. The molecule has 0 saturated heterocycles. The van der Waals surface area contributed by atoms with Gasteiger partial charge in [-0.25, -0.2) is 8.42 Å². The lowest BCUT2D eigenvalue weighted by Gasteiger charge is -2.19. The smallest absolute Gasteiger partial charge is 0.264 e. The lowest BCUT2D eigenvalue weighted by atomic mass is 10.0. The van der Waals surface area contributed by atoms with Crippen LogP contribution < -0.4 is 14.9 Å². The Labute approximate surface area is 210 Å². The van der Waals surface area contributed by atoms with Gasteiger partial charge in [0.25, 0.3) is 15.9 Å². The number of rotatable bonds is 6. The van der Waals surface area contributed by atoms with Gasteiger partial charge in [-0.15, -0.1) is 0 Å². The van der Waals surface area contributed by atoms with Crippen molar-refractivity contribution < 1.29 is 13.2 Å². The summed E-state index contributed by atoms with van der Waals surface area (Å²) in [5.74, 6) is -0.342. The molecule has 0 saturated carbocycles. The first kappa shape index (κ1) is 24.1. The molecule has 0 unspecified atom stereocenters. The van der Waals surface area contributed by atoms with Crippen LogP contribution in [0.25, 0.3) is 11.1 Å². The fourth-order valence-electron chi connectivity index (χ4n) is 3.43. The van der Waals surface area contributed by atoms with Crippen LogP contribution in [-0.2, 0) is 10.0 Å². The van der Waals surface area contributed by atoms with Crippen LogP contribution in [0.3, 0.4) is 0 Å². The first-order valence-corrected chi connectivity index (χ1v) is 12.6. The van der Waals surface area contributed by atoms with Gasteiger partial charge in [-0.05, 0) is 71.9 Å². The van der Waals surface area contributed by atoms with Gasteiger partial charge in [-0.1, -0.05) is 60.7 Å². The van der Waals surface area contributed by atoms with E-state index in [-0.39, 0.29) is 15.9 Å². The highest BCUT2D eigenvalue weighted by Crippen LogP contribution is 2.23. The standard InChI is InChI=1S/C27H23N3O3S2/c1-30(24-10-6-3-7-11-24)35(32,33)25-18-16-23(17-19-25)28-27(34)29-26(31)22-14-12-21(13-15-22)20-8-4-2-5-9-20/h2-19H,1H3,(H2,28,29,31,34). The minimum atomic E-state index is -3.71. The van der Waals surface area contributed by atoms with Crippen molar-refractivity contribution in [2.75, 3.05) is 16.7 Å². The van der Waals surface area contributed by atoms with Gasteiger partial charge in [0.1, 0.15) is 0 Å². The van der Waals surface area contributed by atoms with Crippen molar-refractivity contribution in [3.05, 3.63) is 115 Å². The highest BCUT2D eigenvalue weighted by molar-refractivity contribution is 7.92. The van der Waals surface area contributed by atoms with Crippen LogP contribution in [0.15, 0.2) is 114 Å². The quantitative estimate of drug-likeness (QED) is 0.350. The molecule has 0 aliphatic rings. The Hall–Kier alpha value is -4.01. The van der Waals surface area contributed by atoms with E-state index in [0.717, 1.165) is 11.1 Å². The molecule has 0 radical (unpaired) electrons. The molecule has 4 rings (SSSR count). The van der Waals surface area contributed by atoms with Crippen LogP contribution in [0.4, 0.5) is 11.4 Å². The Balaban J connectivity index is 1.37. The van der Waals surface area contributed by atoms with Gasteiger partial charge in [-0.2, -0.15) is 0 Å². The molecule has 176 valence electrons. The van der Waals surface area contributed by atoms with Gasteiger partial charge < -0.3 is 5.32 Å². The van der Waals surface area contributed by atoms with Crippen molar-refractivity contribution in [2.24, 2.45) is 0 Å². The summed E-state index contributed by atoms with van der Waals surface area (Å²) in [5.41, 5.74) is 3.67. The van der Waals surface area contributed by atoms with Crippen molar-refractivity contribution >= 4 is 44.6 Å². The van der Waals surface area contributed by atoms with Gasteiger partial charge in [0, 0.05) is 18.3 Å². The summed E-state index contributed by atoms with van der Waals surface area (Å²) in [7, 11) is -2.21. The Morgan fingerprint density at radius 2 is 1.29 bits per heavy atom. The maximum atomic E-state index is 12.9. The fourth-order valence-corrected chi connectivity index (χ4v) is 4.83. The second-order valence-corrected chi connectivity index (χ2v) is 10.1. The third-order valence-corrected chi connectivity index (χ3v) is 7.38. The second kappa shape index (κ2) is 10.5. The van der Waals surface area contributed by atoms with Gasteiger partial charge in [0.2, 0.25) is 0 Å². The second-order valence-electron chi connectivity index (χ2n) is 7.68. The first-order chi connectivity index (χ1) is 16.8. The van der Waals surface area contributed by atoms with Crippen LogP contribution in [0, 0.1) is 0 Å². The Morgan fingerprint density at radius 1 is 0.743 bits per heavy atom. The minimum Gasteiger partial charge on any atom is -0.332 e. The predicted octanol–water partition coefficient (Wildman–Crippen LogP) is 5.31. The Bertz CT molecular complexity index is 1420. The zero-order chi connectivity index (χ0) is 24.8. The molecule has 0 heterocycles. The number of hydrogen-bond acceptors (Lipinski definition) is 4. The number of nitrogens with zero attached hydrogens (tertiary/aromatic N) is 1. The van der Waals surface area contributed by atoms with Crippen molar-refractivity contribution in [1.29, 1.82) is 0 Å². The van der Waals surface area contributed by atoms with E-state index in [1.165, 1.54) is 23.5 Å². The van der Waals surface area contributed by atoms with Crippen LogP contribution in [0.2, 0.25) is 0 Å². The lowest BCUT2D eigenvalue weighted by Crippen LogP contribution is -2.34. The molecule has 4 aromatic carbocycles. The van der Waals surface area contributed by atoms with Crippen molar-refractivity contribution in [2.45, 2.75) is 4.90 Å². The minimum absolute atomic E-state index is 0.110. The van der Waals surface area contributed by atoms with E-state index in [2.05, 4.69) is 10.6 Å². The first-order valence-electron chi connectivity index (χ1n) is 10.8. The van der Waals surface area contributed by atoms with Gasteiger partial charge in [0.05, 0.1) is 10.6 Å². The SMILES string of the molecule is CN(c1ccccc1)S(=O)(=O)c1ccc(NC(=S)NC(=O)c2ccc(-c3ccccc3)cc2)cc1. The number of nitrogens with one attached hydrogen (secondary N) is 2. The molecule has 2 N–H and O–H groups in total. The summed E-state index contributed by atoms with van der Waals surface area (Å²) in [5, 5.41) is 5.66. The highest BCUT2D eigenvalue weighted by atomic mass is 32.2. The number of carbonyl (C=O) groups is 1. The summed E-state index contributed by atoms with van der Waals surface area (Å²) in [6.45, 7) is 0. The number of amides is 1. The zero-order valence-corrected chi connectivity index (χ0v) is 20.5. The van der Waals surface area contributed by atoms with Crippen LogP contribution >= 0.6 is 12.2 Å². The highest BCUT2D eigenvalue weighted by Gasteiger charge is 2.21. The van der Waals surface area contributed by atoms with Crippen molar-refractivity contribution in [1.82, 2.24) is 5.32 Å². The number of sulfonamides is 1. The van der Waals surface area contributed by atoms with Gasteiger partial charge in [0.15, 0.2) is 5.11 Å². The van der Waals surface area contributed by atoms with Crippen molar-refractivity contribution in [3.8, 4) is 11.1 Å². The number of thiocarbonyl (C=S) groups is 1. The van der Waals surface area contributed by atoms with Crippen LogP contribution in [0.1, 0.15) is 10.4 Å². The van der Waals surface area contributed by atoms with E-state index in [1.54, 1.807) is 48.5 Å². The van der Waals surface area contributed by atoms with E-state index in [4.69, 9.17) is 12.2 Å². The third-order valence-electron chi connectivity index (χ3n) is 5.37. The zero-order valence-electron chi connectivity index (χ0n) is 18.9. The summed E-state index contributed by atoms with van der Waals surface area (Å²) in [6.07, 6.45) is 0. The number of anilines is 2. The largest absolute Gasteiger partial charge is 0.332 e. The van der Waals surface area contributed by atoms with Crippen LogP contribution in [0.5, 0.6) is 0 Å². The molecule has 0 aromatic heterocycles. The molecule has 0 bridgehead atoms. The topological polar surface area (TPSA) is 78.5 Å². The fraction of sp³-hybridized carbons (Fsp3) is 0.0370.